The number of aliphatic carboxylic acids is 1. The van der Waals surface area contributed by atoms with Crippen molar-refractivity contribution in [2.45, 2.75) is 37.8 Å². The number of esters is 1. The lowest BCUT2D eigenvalue weighted by molar-refractivity contribution is -0.165. The third-order valence-electron chi connectivity index (χ3n) is 4.99. The van der Waals surface area contributed by atoms with E-state index in [9.17, 15) is 19.5 Å². The van der Waals surface area contributed by atoms with Crippen molar-refractivity contribution in [2.75, 3.05) is 4.90 Å². The SMILES string of the molecule is CC(C)(C)OC(=O)C12c3ccccc3C(=O)N1c1ccccc1C2C(=O)O. The number of carbonyl (C=O) groups is 3. The molecule has 0 bridgehead atoms. The molecule has 1 amide bonds. The van der Waals surface area contributed by atoms with Gasteiger partial charge in [-0.3, -0.25) is 14.5 Å². The number of anilines is 1. The zero-order valence-corrected chi connectivity index (χ0v) is 15.2. The molecule has 0 saturated heterocycles. The quantitative estimate of drug-likeness (QED) is 0.827. The fourth-order valence-corrected chi connectivity index (χ4v) is 4.13. The van der Waals surface area contributed by atoms with E-state index in [1.165, 1.54) is 4.90 Å². The summed E-state index contributed by atoms with van der Waals surface area (Å²) in [7, 11) is 0. The minimum atomic E-state index is -1.75. The first-order chi connectivity index (χ1) is 12.7. The number of rotatable bonds is 2. The normalized spacial score (nSPS) is 22.9. The van der Waals surface area contributed by atoms with Crippen molar-refractivity contribution >= 4 is 23.5 Å². The molecular weight excluding hydrogens is 346 g/mol. The van der Waals surface area contributed by atoms with Crippen molar-refractivity contribution in [1.82, 2.24) is 0 Å². The summed E-state index contributed by atoms with van der Waals surface area (Å²) in [6.07, 6.45) is 0. The average molecular weight is 365 g/mol. The molecule has 2 unspecified atom stereocenters. The Hall–Kier alpha value is -3.15. The van der Waals surface area contributed by atoms with Crippen molar-refractivity contribution in [2.24, 2.45) is 0 Å². The zero-order valence-electron chi connectivity index (χ0n) is 15.2. The van der Waals surface area contributed by atoms with Crippen LogP contribution in [0.2, 0.25) is 0 Å². The fraction of sp³-hybridized carbons (Fsp3) is 0.286. The van der Waals surface area contributed by atoms with Gasteiger partial charge in [0, 0.05) is 16.8 Å². The summed E-state index contributed by atoms with van der Waals surface area (Å²) in [4.78, 5) is 40.3. The third kappa shape index (κ3) is 2.16. The zero-order chi connectivity index (χ0) is 19.6. The van der Waals surface area contributed by atoms with Gasteiger partial charge in [-0.1, -0.05) is 36.4 Å². The molecule has 1 N–H and O–H groups in total. The van der Waals surface area contributed by atoms with Crippen LogP contribution in [0.1, 0.15) is 48.2 Å². The van der Waals surface area contributed by atoms with E-state index < -0.39 is 34.9 Å². The van der Waals surface area contributed by atoms with E-state index in [1.807, 2.05) is 0 Å². The fourth-order valence-electron chi connectivity index (χ4n) is 4.13. The maximum atomic E-state index is 13.5. The minimum absolute atomic E-state index is 0.323. The highest BCUT2D eigenvalue weighted by Gasteiger charge is 2.68. The highest BCUT2D eigenvalue weighted by atomic mass is 16.6. The Morgan fingerprint density at radius 2 is 1.70 bits per heavy atom. The van der Waals surface area contributed by atoms with Crippen LogP contribution in [0.25, 0.3) is 0 Å². The molecule has 0 saturated carbocycles. The Balaban J connectivity index is 2.07. The summed E-state index contributed by atoms with van der Waals surface area (Å²) in [6, 6.07) is 13.4. The van der Waals surface area contributed by atoms with Gasteiger partial charge < -0.3 is 9.84 Å². The number of carboxylic acids is 1. The minimum Gasteiger partial charge on any atom is -0.481 e. The number of para-hydroxylation sites is 1. The number of amides is 1. The van der Waals surface area contributed by atoms with Gasteiger partial charge >= 0.3 is 11.9 Å². The van der Waals surface area contributed by atoms with Gasteiger partial charge in [0.2, 0.25) is 0 Å². The number of carboxylic acid groups (broad SMARTS) is 1. The molecular formula is C21H19NO5. The van der Waals surface area contributed by atoms with Gasteiger partial charge in [0.15, 0.2) is 5.54 Å². The topological polar surface area (TPSA) is 83.9 Å². The van der Waals surface area contributed by atoms with Crippen molar-refractivity contribution in [3.8, 4) is 0 Å². The molecule has 2 atom stereocenters. The van der Waals surface area contributed by atoms with Crippen LogP contribution in [0.5, 0.6) is 0 Å². The van der Waals surface area contributed by atoms with E-state index in [-0.39, 0.29) is 0 Å². The number of carbonyl (C=O) groups excluding carboxylic acids is 2. The van der Waals surface area contributed by atoms with Gasteiger partial charge in [0.05, 0.1) is 0 Å². The summed E-state index contributed by atoms with van der Waals surface area (Å²) in [5.74, 6) is -3.57. The van der Waals surface area contributed by atoms with Crippen molar-refractivity contribution < 1.29 is 24.2 Å². The largest absolute Gasteiger partial charge is 0.481 e. The Morgan fingerprint density at radius 3 is 2.37 bits per heavy atom. The van der Waals surface area contributed by atoms with Crippen LogP contribution in [0.15, 0.2) is 48.5 Å². The van der Waals surface area contributed by atoms with Crippen LogP contribution in [0, 0.1) is 0 Å². The maximum absolute atomic E-state index is 13.5. The molecule has 0 fully saturated rings. The third-order valence-corrected chi connectivity index (χ3v) is 4.99. The number of hydrogen-bond donors (Lipinski definition) is 1. The highest BCUT2D eigenvalue weighted by Crippen LogP contribution is 2.58. The van der Waals surface area contributed by atoms with Gasteiger partial charge in [-0.05, 0) is 38.5 Å². The molecule has 6 heteroatoms. The Bertz CT molecular complexity index is 986. The predicted octanol–water partition coefficient (Wildman–Crippen LogP) is 3.07. The molecule has 4 rings (SSSR count). The number of nitrogens with zero attached hydrogens (tertiary/aromatic N) is 1. The van der Waals surface area contributed by atoms with Gasteiger partial charge in [0.25, 0.3) is 5.91 Å². The van der Waals surface area contributed by atoms with E-state index in [0.29, 0.717) is 22.4 Å². The molecule has 0 aromatic heterocycles. The van der Waals surface area contributed by atoms with Crippen LogP contribution in [-0.4, -0.2) is 28.6 Å². The van der Waals surface area contributed by atoms with Crippen molar-refractivity contribution in [1.29, 1.82) is 0 Å². The molecule has 2 heterocycles. The van der Waals surface area contributed by atoms with Crippen molar-refractivity contribution in [3.63, 3.8) is 0 Å². The van der Waals surface area contributed by atoms with E-state index in [4.69, 9.17) is 4.74 Å². The lowest BCUT2D eigenvalue weighted by atomic mass is 9.77. The predicted molar refractivity (Wildman–Crippen MR) is 97.6 cm³/mol. The Morgan fingerprint density at radius 1 is 1.07 bits per heavy atom. The van der Waals surface area contributed by atoms with E-state index in [2.05, 4.69) is 0 Å². The number of fused-ring (bicyclic) bond motifs is 5. The molecule has 0 radical (unpaired) electrons. The second kappa shape index (κ2) is 5.42. The Labute approximate surface area is 156 Å². The highest BCUT2D eigenvalue weighted by molar-refractivity contribution is 6.21. The van der Waals surface area contributed by atoms with Crippen molar-refractivity contribution in [3.05, 3.63) is 65.2 Å². The molecule has 0 aliphatic carbocycles. The number of hydrogen-bond acceptors (Lipinski definition) is 4. The molecule has 138 valence electrons. The lowest BCUT2D eigenvalue weighted by Gasteiger charge is -2.36. The van der Waals surface area contributed by atoms with Gasteiger partial charge in [-0.15, -0.1) is 0 Å². The van der Waals surface area contributed by atoms with Crippen LogP contribution in [-0.2, 0) is 19.9 Å². The molecule has 0 spiro atoms. The first kappa shape index (κ1) is 17.3. The standard InChI is InChI=1S/C21H19NO5/c1-20(2,3)27-19(26)21-14-10-6-4-8-12(14)17(23)22(21)15-11-7-5-9-13(15)16(21)18(24)25/h4-11,16H,1-3H3,(H,24,25). The summed E-state index contributed by atoms with van der Waals surface area (Å²) in [6.45, 7) is 5.14. The average Bonchev–Trinajstić information content (AvgIpc) is 3.04. The molecule has 2 aliphatic heterocycles. The molecule has 6 nitrogen and oxygen atoms in total. The monoisotopic (exact) mass is 365 g/mol. The van der Waals surface area contributed by atoms with Gasteiger partial charge in [-0.2, -0.15) is 0 Å². The lowest BCUT2D eigenvalue weighted by Crippen LogP contribution is -2.54. The van der Waals surface area contributed by atoms with E-state index >= 15 is 0 Å². The molecule has 2 aliphatic rings. The summed E-state index contributed by atoms with van der Waals surface area (Å²) in [5.41, 5.74) is -1.04. The molecule has 2 aromatic carbocycles. The van der Waals surface area contributed by atoms with E-state index in [0.717, 1.165) is 0 Å². The molecule has 2 aromatic rings. The van der Waals surface area contributed by atoms with Gasteiger partial charge in [-0.25, -0.2) is 4.79 Å². The second-order valence-corrected chi connectivity index (χ2v) is 7.78. The van der Waals surface area contributed by atoms with Crippen LogP contribution in [0.4, 0.5) is 5.69 Å². The van der Waals surface area contributed by atoms with E-state index in [1.54, 1.807) is 69.3 Å². The smallest absolute Gasteiger partial charge is 0.339 e. The Kier molecular flexibility index (Phi) is 3.47. The van der Waals surface area contributed by atoms with Gasteiger partial charge in [0.1, 0.15) is 11.5 Å². The first-order valence-corrected chi connectivity index (χ1v) is 8.69. The number of benzene rings is 2. The maximum Gasteiger partial charge on any atom is 0.339 e. The summed E-state index contributed by atoms with van der Waals surface area (Å²) in [5, 5.41) is 10.1. The van der Waals surface area contributed by atoms with Crippen LogP contribution in [0.3, 0.4) is 0 Å². The number of ether oxygens (including phenoxy) is 1. The molecule has 27 heavy (non-hydrogen) atoms. The first-order valence-electron chi connectivity index (χ1n) is 8.69. The van der Waals surface area contributed by atoms with Crippen LogP contribution < -0.4 is 4.90 Å². The van der Waals surface area contributed by atoms with Crippen LogP contribution >= 0.6 is 0 Å². The second-order valence-electron chi connectivity index (χ2n) is 7.78. The summed E-state index contributed by atoms with van der Waals surface area (Å²) >= 11 is 0. The summed E-state index contributed by atoms with van der Waals surface area (Å²) < 4.78 is 5.65.